The van der Waals surface area contributed by atoms with Gasteiger partial charge in [-0.15, -0.1) is 0 Å². The largest absolute Gasteiger partial charge is 0.491 e. The second-order valence-corrected chi connectivity index (χ2v) is 8.76. The molecule has 0 fully saturated rings. The van der Waals surface area contributed by atoms with Crippen molar-refractivity contribution in [2.24, 2.45) is 0 Å². The fourth-order valence-corrected chi connectivity index (χ4v) is 4.12. The summed E-state index contributed by atoms with van der Waals surface area (Å²) in [6.07, 6.45) is -5.19. The molecule has 1 atom stereocenters. The van der Waals surface area contributed by atoms with Gasteiger partial charge in [-0.2, -0.15) is 13.2 Å². The molecule has 0 spiro atoms. The van der Waals surface area contributed by atoms with E-state index in [1.807, 2.05) is 0 Å². The number of fused-ring (bicyclic) bond motifs is 1. The molecule has 4 rings (SSSR count). The standard InChI is InChI=1S/C25H18ClF5N2O3/c1-11(2)36-16-9-18-21(22(33-24(18)35)17-8-14(27)3-4-19(17)26)20(10-16)32-23(34)12-5-13(25(29,30)31)7-15(28)6-12/h3-11,22H,1-2H3,(H,32,34)(H,33,35). The Hall–Kier alpha value is -3.66. The third-order valence-corrected chi connectivity index (χ3v) is 5.68. The highest BCUT2D eigenvalue weighted by atomic mass is 35.5. The molecule has 1 aliphatic rings. The van der Waals surface area contributed by atoms with E-state index in [1.165, 1.54) is 18.2 Å². The molecule has 0 aromatic heterocycles. The van der Waals surface area contributed by atoms with Crippen LogP contribution >= 0.6 is 11.6 Å². The molecule has 0 radical (unpaired) electrons. The molecule has 36 heavy (non-hydrogen) atoms. The highest BCUT2D eigenvalue weighted by Gasteiger charge is 2.36. The van der Waals surface area contributed by atoms with Crippen molar-refractivity contribution in [1.82, 2.24) is 5.32 Å². The van der Waals surface area contributed by atoms with E-state index in [2.05, 4.69) is 10.6 Å². The van der Waals surface area contributed by atoms with Gasteiger partial charge in [0.25, 0.3) is 11.8 Å². The van der Waals surface area contributed by atoms with E-state index in [4.69, 9.17) is 16.3 Å². The van der Waals surface area contributed by atoms with E-state index in [0.29, 0.717) is 12.1 Å². The van der Waals surface area contributed by atoms with Crippen molar-refractivity contribution in [3.05, 3.63) is 93.0 Å². The van der Waals surface area contributed by atoms with Crippen LogP contribution in [-0.2, 0) is 6.18 Å². The average molecular weight is 525 g/mol. The van der Waals surface area contributed by atoms with Crippen LogP contribution in [-0.4, -0.2) is 17.9 Å². The number of benzene rings is 3. The predicted octanol–water partition coefficient (Wildman–Crippen LogP) is 6.51. The smallest absolute Gasteiger partial charge is 0.416 e. The number of hydrogen-bond acceptors (Lipinski definition) is 3. The van der Waals surface area contributed by atoms with Crippen molar-refractivity contribution < 1.29 is 36.3 Å². The van der Waals surface area contributed by atoms with E-state index in [1.54, 1.807) is 13.8 Å². The second kappa shape index (κ2) is 9.42. The average Bonchev–Trinajstić information content (AvgIpc) is 3.10. The van der Waals surface area contributed by atoms with E-state index in [0.717, 1.165) is 12.1 Å². The molecular formula is C25H18ClF5N2O3. The normalized spacial score (nSPS) is 15.0. The Balaban J connectivity index is 1.83. The molecule has 3 aromatic rings. The molecule has 5 nitrogen and oxygen atoms in total. The molecule has 2 amide bonds. The van der Waals surface area contributed by atoms with Gasteiger partial charge < -0.3 is 15.4 Å². The van der Waals surface area contributed by atoms with Crippen molar-refractivity contribution >= 4 is 29.1 Å². The fourth-order valence-electron chi connectivity index (χ4n) is 3.90. The van der Waals surface area contributed by atoms with Gasteiger partial charge in [0.2, 0.25) is 0 Å². The minimum Gasteiger partial charge on any atom is -0.491 e. The van der Waals surface area contributed by atoms with Crippen LogP contribution in [0.2, 0.25) is 5.02 Å². The zero-order valence-electron chi connectivity index (χ0n) is 18.8. The van der Waals surface area contributed by atoms with Crippen LogP contribution in [0.3, 0.4) is 0 Å². The van der Waals surface area contributed by atoms with Gasteiger partial charge >= 0.3 is 6.18 Å². The monoisotopic (exact) mass is 524 g/mol. The Morgan fingerprint density at radius 3 is 2.44 bits per heavy atom. The quantitative estimate of drug-likeness (QED) is 0.374. The lowest BCUT2D eigenvalue weighted by atomic mass is 9.95. The Morgan fingerprint density at radius 2 is 1.78 bits per heavy atom. The van der Waals surface area contributed by atoms with Crippen LogP contribution in [0.5, 0.6) is 5.75 Å². The maximum Gasteiger partial charge on any atom is 0.416 e. The molecule has 1 unspecified atom stereocenters. The highest BCUT2D eigenvalue weighted by Crippen LogP contribution is 2.42. The summed E-state index contributed by atoms with van der Waals surface area (Å²) >= 11 is 6.24. The first kappa shape index (κ1) is 25.4. The molecule has 1 aliphatic heterocycles. The minimum absolute atomic E-state index is 0.00496. The summed E-state index contributed by atoms with van der Waals surface area (Å²) < 4.78 is 73.0. The molecule has 188 valence electrons. The molecule has 0 saturated heterocycles. The minimum atomic E-state index is -4.88. The number of hydrogen-bond donors (Lipinski definition) is 2. The summed E-state index contributed by atoms with van der Waals surface area (Å²) in [7, 11) is 0. The molecule has 11 heteroatoms. The maximum atomic E-state index is 14.0. The number of carbonyl (C=O) groups excluding carboxylic acids is 2. The van der Waals surface area contributed by atoms with Gasteiger partial charge in [0, 0.05) is 27.8 Å². The van der Waals surface area contributed by atoms with Crippen LogP contribution in [0, 0.1) is 11.6 Å². The number of rotatable bonds is 5. The van der Waals surface area contributed by atoms with Crippen LogP contribution < -0.4 is 15.4 Å². The lowest BCUT2D eigenvalue weighted by molar-refractivity contribution is -0.137. The van der Waals surface area contributed by atoms with Crippen LogP contribution in [0.1, 0.15) is 57.3 Å². The number of anilines is 1. The third-order valence-electron chi connectivity index (χ3n) is 5.34. The zero-order chi connectivity index (χ0) is 26.4. The summed E-state index contributed by atoms with van der Waals surface area (Å²) in [5.74, 6) is -3.31. The lowest BCUT2D eigenvalue weighted by Crippen LogP contribution is -2.21. The maximum absolute atomic E-state index is 14.0. The van der Waals surface area contributed by atoms with Crippen LogP contribution in [0.4, 0.5) is 27.6 Å². The van der Waals surface area contributed by atoms with Gasteiger partial charge in [-0.3, -0.25) is 9.59 Å². The van der Waals surface area contributed by atoms with Gasteiger partial charge in [-0.05, 0) is 56.3 Å². The Morgan fingerprint density at radius 1 is 1.06 bits per heavy atom. The van der Waals surface area contributed by atoms with E-state index in [-0.39, 0.29) is 45.3 Å². The number of ether oxygens (including phenoxy) is 1. The van der Waals surface area contributed by atoms with Crippen LogP contribution in [0.25, 0.3) is 0 Å². The SMILES string of the molecule is CC(C)Oc1cc(NC(=O)c2cc(F)cc(C(F)(F)F)c2)c2c(c1)C(=O)NC2c1cc(F)ccc1Cl. The number of nitrogens with one attached hydrogen (secondary N) is 2. The summed E-state index contributed by atoms with van der Waals surface area (Å²) in [6.45, 7) is 3.46. The fraction of sp³-hybridized carbons (Fsp3) is 0.200. The summed E-state index contributed by atoms with van der Waals surface area (Å²) in [6, 6.07) is 6.81. The number of alkyl halides is 3. The number of carbonyl (C=O) groups is 2. The first-order valence-electron chi connectivity index (χ1n) is 10.6. The number of amides is 2. The predicted molar refractivity (Wildman–Crippen MR) is 122 cm³/mol. The summed E-state index contributed by atoms with van der Waals surface area (Å²) in [5.41, 5.74) is -1.45. The molecule has 1 heterocycles. The highest BCUT2D eigenvalue weighted by molar-refractivity contribution is 6.31. The Kier molecular flexibility index (Phi) is 6.66. The van der Waals surface area contributed by atoms with Gasteiger partial charge in [0.05, 0.1) is 29.0 Å². The van der Waals surface area contributed by atoms with Crippen LogP contribution in [0.15, 0.2) is 48.5 Å². The van der Waals surface area contributed by atoms with Gasteiger partial charge in [0.1, 0.15) is 17.4 Å². The van der Waals surface area contributed by atoms with Crippen molar-refractivity contribution in [3.8, 4) is 5.75 Å². The van der Waals surface area contributed by atoms with E-state index >= 15 is 0 Å². The summed E-state index contributed by atoms with van der Waals surface area (Å²) in [5, 5.41) is 5.25. The van der Waals surface area contributed by atoms with E-state index in [9.17, 15) is 31.5 Å². The van der Waals surface area contributed by atoms with Gasteiger partial charge in [-0.25, -0.2) is 8.78 Å². The first-order chi connectivity index (χ1) is 16.8. The molecule has 3 aromatic carbocycles. The summed E-state index contributed by atoms with van der Waals surface area (Å²) in [4.78, 5) is 25.7. The van der Waals surface area contributed by atoms with Crippen molar-refractivity contribution in [2.45, 2.75) is 32.2 Å². The van der Waals surface area contributed by atoms with Crippen molar-refractivity contribution in [3.63, 3.8) is 0 Å². The first-order valence-corrected chi connectivity index (χ1v) is 11.0. The second-order valence-electron chi connectivity index (χ2n) is 8.35. The van der Waals surface area contributed by atoms with Gasteiger partial charge in [-0.1, -0.05) is 11.6 Å². The topological polar surface area (TPSA) is 67.4 Å². The van der Waals surface area contributed by atoms with Crippen molar-refractivity contribution in [2.75, 3.05) is 5.32 Å². The molecule has 0 saturated carbocycles. The zero-order valence-corrected chi connectivity index (χ0v) is 19.5. The Labute approximate surface area is 207 Å². The molecular weight excluding hydrogens is 507 g/mol. The van der Waals surface area contributed by atoms with E-state index < -0.39 is 46.8 Å². The molecule has 2 N–H and O–H groups in total. The third kappa shape index (κ3) is 5.13. The Bertz CT molecular complexity index is 1370. The van der Waals surface area contributed by atoms with Crippen molar-refractivity contribution in [1.29, 1.82) is 0 Å². The molecule has 0 bridgehead atoms. The van der Waals surface area contributed by atoms with Gasteiger partial charge in [0.15, 0.2) is 0 Å². The lowest BCUT2D eigenvalue weighted by Gasteiger charge is -2.20. The number of halogens is 6. The molecule has 0 aliphatic carbocycles.